The van der Waals surface area contributed by atoms with Crippen LogP contribution in [0, 0.1) is 0 Å². The standard InChI is InChI=1S/C17H21N7O2/c18-16(26)21-10-15(25)22-12-1-2-13(9-12)23-17-20-8-5-14(24-17)11-3-6-19-7-4-11/h3-8,12-13H,1-2,9-10H2,(H,22,25)(H3,18,21,26)(H,20,23,24)/t12-,13-/m0/s1. The van der Waals surface area contributed by atoms with Crippen molar-refractivity contribution >= 4 is 17.9 Å². The number of rotatable bonds is 6. The Labute approximate surface area is 150 Å². The Morgan fingerprint density at radius 1 is 1.12 bits per heavy atom. The van der Waals surface area contributed by atoms with Crippen molar-refractivity contribution in [2.75, 3.05) is 11.9 Å². The fourth-order valence-electron chi connectivity index (χ4n) is 2.98. The van der Waals surface area contributed by atoms with Crippen molar-refractivity contribution in [2.45, 2.75) is 31.3 Å². The molecule has 2 aromatic rings. The average molecular weight is 355 g/mol. The SMILES string of the molecule is NC(=O)NCC(=O)N[C@H]1CC[C@H](Nc2nccc(-c3ccncc3)n2)C1. The maximum atomic E-state index is 11.7. The summed E-state index contributed by atoms with van der Waals surface area (Å²) in [6, 6.07) is 5.16. The van der Waals surface area contributed by atoms with Gasteiger partial charge in [0.1, 0.15) is 0 Å². The molecule has 0 aliphatic heterocycles. The molecule has 3 rings (SSSR count). The lowest BCUT2D eigenvalue weighted by Gasteiger charge is -2.15. The second-order valence-electron chi connectivity index (χ2n) is 6.14. The summed E-state index contributed by atoms with van der Waals surface area (Å²) in [7, 11) is 0. The molecule has 1 fully saturated rings. The first-order chi connectivity index (χ1) is 12.6. The zero-order valence-electron chi connectivity index (χ0n) is 14.2. The molecule has 2 heterocycles. The molecule has 9 nitrogen and oxygen atoms in total. The fraction of sp³-hybridized carbons (Fsp3) is 0.353. The Bertz CT molecular complexity index is 769. The predicted molar refractivity (Wildman–Crippen MR) is 96.0 cm³/mol. The summed E-state index contributed by atoms with van der Waals surface area (Å²) in [5.41, 5.74) is 6.75. The summed E-state index contributed by atoms with van der Waals surface area (Å²) < 4.78 is 0. The number of carbonyl (C=O) groups is 2. The van der Waals surface area contributed by atoms with Crippen LogP contribution >= 0.6 is 0 Å². The summed E-state index contributed by atoms with van der Waals surface area (Å²) in [5.74, 6) is 0.317. The molecule has 26 heavy (non-hydrogen) atoms. The van der Waals surface area contributed by atoms with Crippen molar-refractivity contribution in [2.24, 2.45) is 5.73 Å². The van der Waals surface area contributed by atoms with E-state index >= 15 is 0 Å². The van der Waals surface area contributed by atoms with Crippen LogP contribution in [0.2, 0.25) is 0 Å². The van der Waals surface area contributed by atoms with Gasteiger partial charge in [0.2, 0.25) is 11.9 Å². The molecular formula is C17H21N7O2. The second kappa shape index (κ2) is 8.24. The normalized spacial score (nSPS) is 18.9. The molecule has 2 aromatic heterocycles. The number of hydrogen-bond acceptors (Lipinski definition) is 6. The quantitative estimate of drug-likeness (QED) is 0.601. The van der Waals surface area contributed by atoms with Crippen molar-refractivity contribution in [1.29, 1.82) is 0 Å². The smallest absolute Gasteiger partial charge is 0.312 e. The summed E-state index contributed by atoms with van der Waals surface area (Å²) in [6.45, 7) is -0.110. The number of pyridine rings is 1. The number of nitrogens with zero attached hydrogens (tertiary/aromatic N) is 3. The molecule has 1 saturated carbocycles. The maximum Gasteiger partial charge on any atom is 0.312 e. The number of anilines is 1. The van der Waals surface area contributed by atoms with Gasteiger partial charge in [-0.1, -0.05) is 0 Å². The van der Waals surface area contributed by atoms with Gasteiger partial charge >= 0.3 is 6.03 Å². The number of amides is 3. The van der Waals surface area contributed by atoms with E-state index in [0.717, 1.165) is 30.5 Å². The van der Waals surface area contributed by atoms with Gasteiger partial charge in [0.15, 0.2) is 0 Å². The number of aromatic nitrogens is 3. The van der Waals surface area contributed by atoms with Crippen molar-refractivity contribution < 1.29 is 9.59 Å². The number of urea groups is 1. The Kier molecular flexibility index (Phi) is 5.57. The maximum absolute atomic E-state index is 11.7. The van der Waals surface area contributed by atoms with Gasteiger partial charge in [0.05, 0.1) is 12.2 Å². The molecule has 0 unspecified atom stereocenters. The van der Waals surface area contributed by atoms with Gasteiger partial charge in [-0.25, -0.2) is 14.8 Å². The van der Waals surface area contributed by atoms with Gasteiger partial charge in [-0.05, 0) is 37.5 Å². The molecule has 0 spiro atoms. The Balaban J connectivity index is 1.53. The van der Waals surface area contributed by atoms with E-state index in [1.165, 1.54) is 0 Å². The third kappa shape index (κ3) is 4.88. The van der Waals surface area contributed by atoms with E-state index in [1.807, 2.05) is 18.2 Å². The molecular weight excluding hydrogens is 334 g/mol. The van der Waals surface area contributed by atoms with Gasteiger partial charge < -0.3 is 21.7 Å². The summed E-state index contributed by atoms with van der Waals surface area (Å²) >= 11 is 0. The van der Waals surface area contributed by atoms with Crippen LogP contribution in [0.15, 0.2) is 36.8 Å². The lowest BCUT2D eigenvalue weighted by Crippen LogP contribution is -2.42. The average Bonchev–Trinajstić information content (AvgIpc) is 3.07. The molecule has 9 heteroatoms. The van der Waals surface area contributed by atoms with Crippen LogP contribution in [0.4, 0.5) is 10.7 Å². The molecule has 1 aliphatic carbocycles. The highest BCUT2D eigenvalue weighted by Crippen LogP contribution is 2.23. The van der Waals surface area contributed by atoms with E-state index < -0.39 is 6.03 Å². The van der Waals surface area contributed by atoms with E-state index in [9.17, 15) is 9.59 Å². The summed E-state index contributed by atoms with van der Waals surface area (Å²) in [4.78, 5) is 35.2. The van der Waals surface area contributed by atoms with Gasteiger partial charge in [-0.3, -0.25) is 9.78 Å². The van der Waals surface area contributed by atoms with E-state index in [0.29, 0.717) is 5.95 Å². The lowest BCUT2D eigenvalue weighted by atomic mass is 10.2. The zero-order valence-corrected chi connectivity index (χ0v) is 14.2. The van der Waals surface area contributed by atoms with E-state index in [1.54, 1.807) is 18.6 Å². The van der Waals surface area contributed by atoms with Crippen molar-refractivity contribution in [3.63, 3.8) is 0 Å². The number of nitrogens with two attached hydrogens (primary N) is 1. The topological polar surface area (TPSA) is 135 Å². The Morgan fingerprint density at radius 3 is 2.65 bits per heavy atom. The lowest BCUT2D eigenvalue weighted by molar-refractivity contribution is -0.120. The fourth-order valence-corrected chi connectivity index (χ4v) is 2.98. The van der Waals surface area contributed by atoms with Gasteiger partial charge in [0.25, 0.3) is 0 Å². The third-order valence-corrected chi connectivity index (χ3v) is 4.19. The molecule has 0 bridgehead atoms. The highest BCUT2D eigenvalue weighted by Gasteiger charge is 2.26. The summed E-state index contributed by atoms with van der Waals surface area (Å²) in [5, 5.41) is 8.49. The van der Waals surface area contributed by atoms with E-state index in [4.69, 9.17) is 5.73 Å². The van der Waals surface area contributed by atoms with E-state index in [-0.39, 0.29) is 24.5 Å². The first-order valence-electron chi connectivity index (χ1n) is 8.43. The predicted octanol–water partition coefficient (Wildman–Crippen LogP) is 0.656. The molecule has 0 saturated heterocycles. The Hall–Kier alpha value is -3.23. The van der Waals surface area contributed by atoms with Gasteiger partial charge in [0, 0.05) is 36.2 Å². The highest BCUT2D eigenvalue weighted by molar-refractivity contribution is 5.83. The molecule has 3 amide bonds. The summed E-state index contributed by atoms with van der Waals surface area (Å²) in [6.07, 6.45) is 7.69. The molecule has 0 radical (unpaired) electrons. The van der Waals surface area contributed by atoms with Crippen molar-refractivity contribution in [1.82, 2.24) is 25.6 Å². The highest BCUT2D eigenvalue weighted by atomic mass is 16.2. The number of primary amides is 1. The monoisotopic (exact) mass is 355 g/mol. The number of carbonyl (C=O) groups excluding carboxylic acids is 2. The zero-order chi connectivity index (χ0) is 18.4. The van der Waals surface area contributed by atoms with Crippen molar-refractivity contribution in [3.8, 4) is 11.3 Å². The minimum absolute atomic E-state index is 0.0538. The van der Waals surface area contributed by atoms with Crippen LogP contribution in [0.1, 0.15) is 19.3 Å². The van der Waals surface area contributed by atoms with Crippen LogP contribution in [-0.2, 0) is 4.79 Å². The van der Waals surface area contributed by atoms with Crippen LogP contribution in [-0.4, -0.2) is 45.5 Å². The first kappa shape index (κ1) is 17.6. The van der Waals surface area contributed by atoms with Crippen LogP contribution in [0.25, 0.3) is 11.3 Å². The van der Waals surface area contributed by atoms with Crippen LogP contribution < -0.4 is 21.7 Å². The minimum Gasteiger partial charge on any atom is -0.352 e. The van der Waals surface area contributed by atoms with Gasteiger partial charge in [-0.2, -0.15) is 0 Å². The second-order valence-corrected chi connectivity index (χ2v) is 6.14. The minimum atomic E-state index is -0.711. The number of hydrogen-bond donors (Lipinski definition) is 4. The molecule has 1 aliphatic rings. The van der Waals surface area contributed by atoms with Crippen LogP contribution in [0.5, 0.6) is 0 Å². The molecule has 136 valence electrons. The largest absolute Gasteiger partial charge is 0.352 e. The Morgan fingerprint density at radius 2 is 1.88 bits per heavy atom. The third-order valence-electron chi connectivity index (χ3n) is 4.19. The molecule has 5 N–H and O–H groups in total. The molecule has 2 atom stereocenters. The van der Waals surface area contributed by atoms with E-state index in [2.05, 4.69) is 30.9 Å². The number of nitrogens with one attached hydrogen (secondary N) is 3. The first-order valence-corrected chi connectivity index (χ1v) is 8.43. The van der Waals surface area contributed by atoms with Crippen molar-refractivity contribution in [3.05, 3.63) is 36.8 Å². The molecule has 0 aromatic carbocycles. The van der Waals surface area contributed by atoms with Gasteiger partial charge in [-0.15, -0.1) is 0 Å². The van der Waals surface area contributed by atoms with Crippen LogP contribution in [0.3, 0.4) is 0 Å².